The van der Waals surface area contributed by atoms with Crippen molar-refractivity contribution in [3.63, 3.8) is 0 Å². The number of amides is 3. The molecule has 0 saturated heterocycles. The maximum Gasteiger partial charge on any atom is 0.262 e. The Balaban J connectivity index is 1.35. The second-order valence-corrected chi connectivity index (χ2v) is 7.86. The molecule has 9 nitrogen and oxygen atoms in total. The molecule has 3 heterocycles. The Labute approximate surface area is 189 Å². The van der Waals surface area contributed by atoms with Crippen molar-refractivity contribution < 1.29 is 14.4 Å². The van der Waals surface area contributed by atoms with Gasteiger partial charge >= 0.3 is 0 Å². The number of anilines is 2. The number of nitrogens with zero attached hydrogens (tertiary/aromatic N) is 5. The largest absolute Gasteiger partial charge is 0.377 e. The lowest BCUT2D eigenvalue weighted by molar-refractivity contribution is -0.116. The van der Waals surface area contributed by atoms with Crippen LogP contribution in [0, 0.1) is 0 Å². The quantitative estimate of drug-likeness (QED) is 0.479. The minimum atomic E-state index is -0.557. The van der Waals surface area contributed by atoms with Gasteiger partial charge in [0, 0.05) is 37.1 Å². The van der Waals surface area contributed by atoms with Crippen LogP contribution >= 0.6 is 0 Å². The van der Waals surface area contributed by atoms with Crippen molar-refractivity contribution in [3.05, 3.63) is 78.0 Å². The van der Waals surface area contributed by atoms with Crippen LogP contribution in [0.4, 0.5) is 11.6 Å². The number of para-hydroxylation sites is 1. The molecule has 0 unspecified atom stereocenters. The van der Waals surface area contributed by atoms with Gasteiger partial charge in [0.1, 0.15) is 6.54 Å². The van der Waals surface area contributed by atoms with Crippen LogP contribution in [-0.2, 0) is 4.79 Å². The van der Waals surface area contributed by atoms with E-state index in [9.17, 15) is 14.4 Å². The van der Waals surface area contributed by atoms with E-state index >= 15 is 0 Å². The maximum atomic E-state index is 12.5. The molecular weight excluding hydrogens is 420 g/mol. The zero-order valence-electron chi connectivity index (χ0n) is 18.0. The van der Waals surface area contributed by atoms with E-state index in [2.05, 4.69) is 15.4 Å². The van der Waals surface area contributed by atoms with Crippen molar-refractivity contribution in [1.82, 2.24) is 19.5 Å². The summed E-state index contributed by atoms with van der Waals surface area (Å²) in [6, 6.07) is 18.3. The zero-order chi connectivity index (χ0) is 23.1. The molecule has 0 spiro atoms. The van der Waals surface area contributed by atoms with Crippen LogP contribution in [0.3, 0.4) is 0 Å². The van der Waals surface area contributed by atoms with E-state index in [4.69, 9.17) is 0 Å². The topological polar surface area (TPSA) is 99.9 Å². The monoisotopic (exact) mass is 440 g/mol. The Morgan fingerprint density at radius 2 is 1.55 bits per heavy atom. The summed E-state index contributed by atoms with van der Waals surface area (Å²) >= 11 is 0. The van der Waals surface area contributed by atoms with Crippen LogP contribution in [0.25, 0.3) is 16.8 Å². The summed E-state index contributed by atoms with van der Waals surface area (Å²) < 4.78 is 1.58. The van der Waals surface area contributed by atoms with Gasteiger partial charge in [-0.15, -0.1) is 5.10 Å². The summed E-state index contributed by atoms with van der Waals surface area (Å²) in [5.74, 6) is -1.44. The van der Waals surface area contributed by atoms with Crippen molar-refractivity contribution in [3.8, 4) is 11.1 Å². The fourth-order valence-electron chi connectivity index (χ4n) is 3.89. The summed E-state index contributed by atoms with van der Waals surface area (Å²) in [4.78, 5) is 44.8. The number of fused-ring (bicyclic) bond motifs is 2. The molecule has 9 heteroatoms. The number of nitrogens with one attached hydrogen (secondary N) is 1. The van der Waals surface area contributed by atoms with Gasteiger partial charge in [0.05, 0.1) is 11.1 Å². The second kappa shape index (κ2) is 7.86. The third-order valence-corrected chi connectivity index (χ3v) is 5.46. The number of pyridine rings is 1. The number of benzene rings is 2. The predicted molar refractivity (Wildman–Crippen MR) is 123 cm³/mol. The molecule has 0 bridgehead atoms. The number of imide groups is 1. The van der Waals surface area contributed by atoms with E-state index < -0.39 is 24.3 Å². The number of rotatable bonds is 5. The molecule has 4 aromatic rings. The lowest BCUT2D eigenvalue weighted by Gasteiger charge is -2.17. The Hall–Kier alpha value is -4.53. The van der Waals surface area contributed by atoms with Gasteiger partial charge in [-0.2, -0.15) is 4.98 Å². The number of carbonyl (C=O) groups excluding carboxylic acids is 3. The number of carbonyl (C=O) groups is 3. The normalized spacial score (nSPS) is 12.8. The molecule has 0 saturated carbocycles. The number of hydrogen-bond acceptors (Lipinski definition) is 6. The highest BCUT2D eigenvalue weighted by molar-refractivity contribution is 6.22. The van der Waals surface area contributed by atoms with E-state index in [1.165, 1.54) is 0 Å². The van der Waals surface area contributed by atoms with E-state index in [1.54, 1.807) is 28.8 Å². The van der Waals surface area contributed by atoms with Crippen LogP contribution in [-0.4, -0.2) is 57.9 Å². The molecule has 0 fully saturated rings. The van der Waals surface area contributed by atoms with Gasteiger partial charge in [0.2, 0.25) is 11.9 Å². The van der Waals surface area contributed by atoms with Gasteiger partial charge < -0.3 is 4.90 Å². The van der Waals surface area contributed by atoms with Crippen molar-refractivity contribution in [2.45, 2.75) is 0 Å². The smallest absolute Gasteiger partial charge is 0.262 e. The Bertz CT molecular complexity index is 1390. The molecule has 5 rings (SSSR count). The average molecular weight is 440 g/mol. The van der Waals surface area contributed by atoms with Crippen LogP contribution in [0.15, 0.2) is 66.9 Å². The summed E-state index contributed by atoms with van der Waals surface area (Å²) in [6.07, 6.45) is 1.84. The highest BCUT2D eigenvalue weighted by Gasteiger charge is 2.36. The minimum absolute atomic E-state index is 0.0923. The molecule has 0 radical (unpaired) electrons. The van der Waals surface area contributed by atoms with E-state index in [-0.39, 0.29) is 5.95 Å². The molecular formula is C24H20N6O3. The molecule has 1 aliphatic rings. The highest BCUT2D eigenvalue weighted by Crippen LogP contribution is 2.29. The Morgan fingerprint density at radius 1 is 0.909 bits per heavy atom. The standard InChI is InChI=1S/C24H20N6O3/c1-28(2)19-10-6-5-7-16(19)15-11-12-20-25-24(27-30(20)13-15)26-21(31)14-29-22(32)17-8-3-4-9-18(17)23(29)33/h3-13H,14H2,1-2H3,(H,26,27,31). The van der Waals surface area contributed by atoms with Crippen molar-refractivity contribution in [2.75, 3.05) is 30.9 Å². The summed E-state index contributed by atoms with van der Waals surface area (Å²) in [5, 5.41) is 6.92. The molecule has 2 aromatic carbocycles. The lowest BCUT2D eigenvalue weighted by atomic mass is 10.1. The van der Waals surface area contributed by atoms with Gasteiger partial charge in [0.15, 0.2) is 5.65 Å². The minimum Gasteiger partial charge on any atom is -0.377 e. The van der Waals surface area contributed by atoms with Gasteiger partial charge in [-0.25, -0.2) is 4.52 Å². The van der Waals surface area contributed by atoms with E-state index in [1.807, 2.05) is 61.6 Å². The SMILES string of the molecule is CN(C)c1ccccc1-c1ccc2nc(NC(=O)CN3C(=O)c4ccccc4C3=O)nn2c1. The third-order valence-electron chi connectivity index (χ3n) is 5.46. The van der Waals surface area contributed by atoms with Crippen LogP contribution in [0.1, 0.15) is 20.7 Å². The molecule has 1 aliphatic heterocycles. The van der Waals surface area contributed by atoms with Crippen molar-refractivity contribution in [2.24, 2.45) is 0 Å². The molecule has 0 atom stereocenters. The van der Waals surface area contributed by atoms with Gasteiger partial charge in [-0.3, -0.25) is 24.6 Å². The predicted octanol–water partition coefficient (Wildman–Crippen LogP) is 2.70. The van der Waals surface area contributed by atoms with Gasteiger partial charge in [-0.05, 0) is 30.3 Å². The van der Waals surface area contributed by atoms with Gasteiger partial charge in [-0.1, -0.05) is 30.3 Å². The second-order valence-electron chi connectivity index (χ2n) is 7.86. The summed E-state index contributed by atoms with van der Waals surface area (Å²) in [7, 11) is 3.96. The van der Waals surface area contributed by atoms with Gasteiger partial charge in [0.25, 0.3) is 11.8 Å². The summed E-state index contributed by atoms with van der Waals surface area (Å²) in [5.41, 5.74) is 4.19. The van der Waals surface area contributed by atoms with Crippen LogP contribution in [0.5, 0.6) is 0 Å². The maximum absolute atomic E-state index is 12.5. The highest BCUT2D eigenvalue weighted by atomic mass is 16.2. The fourth-order valence-corrected chi connectivity index (χ4v) is 3.89. The van der Waals surface area contributed by atoms with Crippen molar-refractivity contribution in [1.29, 1.82) is 0 Å². The third kappa shape index (κ3) is 3.59. The first-order chi connectivity index (χ1) is 15.9. The van der Waals surface area contributed by atoms with Crippen LogP contribution in [0.2, 0.25) is 0 Å². The average Bonchev–Trinajstić information content (AvgIpc) is 3.32. The Kier molecular flexibility index (Phi) is 4.86. The molecule has 164 valence electrons. The molecule has 33 heavy (non-hydrogen) atoms. The zero-order valence-corrected chi connectivity index (χ0v) is 18.0. The Morgan fingerprint density at radius 3 is 2.21 bits per heavy atom. The first kappa shape index (κ1) is 20.4. The van der Waals surface area contributed by atoms with Crippen LogP contribution < -0.4 is 10.2 Å². The number of hydrogen-bond donors (Lipinski definition) is 1. The van der Waals surface area contributed by atoms with E-state index in [0.29, 0.717) is 16.8 Å². The number of aromatic nitrogens is 3. The molecule has 1 N–H and O–H groups in total. The molecule has 2 aromatic heterocycles. The fraction of sp³-hybridized carbons (Fsp3) is 0.125. The van der Waals surface area contributed by atoms with E-state index in [0.717, 1.165) is 21.7 Å². The first-order valence-electron chi connectivity index (χ1n) is 10.3. The lowest BCUT2D eigenvalue weighted by Crippen LogP contribution is -2.37. The summed E-state index contributed by atoms with van der Waals surface area (Å²) in [6.45, 7) is -0.413. The molecule has 0 aliphatic carbocycles. The first-order valence-corrected chi connectivity index (χ1v) is 10.3. The van der Waals surface area contributed by atoms with Crippen molar-refractivity contribution >= 4 is 35.0 Å². The molecule has 3 amide bonds.